The van der Waals surface area contributed by atoms with Gasteiger partial charge in [-0.15, -0.1) is 0 Å². The van der Waals surface area contributed by atoms with Crippen molar-refractivity contribution in [1.29, 1.82) is 0 Å². The van der Waals surface area contributed by atoms with Gasteiger partial charge in [-0.1, -0.05) is 29.4 Å². The van der Waals surface area contributed by atoms with Crippen molar-refractivity contribution >= 4 is 5.97 Å². The summed E-state index contributed by atoms with van der Waals surface area (Å²) in [5.41, 5.74) is 3.24. The Hall–Kier alpha value is -2.33. The molecule has 2 N–H and O–H groups in total. The van der Waals surface area contributed by atoms with E-state index in [1.807, 2.05) is 58.9 Å². The zero-order valence-electron chi connectivity index (χ0n) is 16.2. The number of aliphatic hydroxyl groups excluding tert-OH is 1. The van der Waals surface area contributed by atoms with Crippen molar-refractivity contribution in [1.82, 2.24) is 0 Å². The molecule has 1 aliphatic heterocycles. The molecule has 0 saturated heterocycles. The van der Waals surface area contributed by atoms with Crippen LogP contribution in [0.3, 0.4) is 0 Å². The van der Waals surface area contributed by atoms with E-state index in [-0.39, 0.29) is 5.56 Å². The smallest absolute Gasteiger partial charge is 0.335 e. The Labute approximate surface area is 155 Å². The Kier molecular flexibility index (Phi) is 6.09. The summed E-state index contributed by atoms with van der Waals surface area (Å²) < 4.78 is 6.22. The standard InChI is InChI=1S/C22H28O4/c1-14(2)7-6-10-22(5)19(23)13-17-12-18(21(24)25)11-16(20(17)26-22)9-8-15(3)4/h6-8,10-12,19,23H,9,13H2,1-5H3,(H,24,25)/b10-6+/t19-,22-/m0/s1. The molecule has 4 nitrogen and oxygen atoms in total. The third-order valence-corrected chi connectivity index (χ3v) is 4.47. The normalized spacial score (nSPS) is 21.7. The molecule has 1 aromatic rings. The van der Waals surface area contributed by atoms with Crippen LogP contribution in [0.2, 0.25) is 0 Å². The van der Waals surface area contributed by atoms with Crippen molar-refractivity contribution in [3.05, 3.63) is 64.3 Å². The summed E-state index contributed by atoms with van der Waals surface area (Å²) >= 11 is 0. The number of rotatable bonds is 5. The van der Waals surface area contributed by atoms with Crippen molar-refractivity contribution in [2.75, 3.05) is 0 Å². The molecule has 2 atom stereocenters. The predicted octanol–water partition coefficient (Wildman–Crippen LogP) is 4.47. The number of allylic oxidation sites excluding steroid dienone is 5. The lowest BCUT2D eigenvalue weighted by molar-refractivity contribution is -0.0213. The molecule has 0 amide bonds. The summed E-state index contributed by atoms with van der Waals surface area (Å²) in [6.07, 6.45) is 7.97. The van der Waals surface area contributed by atoms with Gasteiger partial charge in [0.15, 0.2) is 5.60 Å². The number of carboxylic acid groups (broad SMARTS) is 1. The molecule has 0 saturated carbocycles. The summed E-state index contributed by atoms with van der Waals surface area (Å²) in [5, 5.41) is 20.0. The van der Waals surface area contributed by atoms with Gasteiger partial charge in [-0.3, -0.25) is 0 Å². The van der Waals surface area contributed by atoms with Gasteiger partial charge in [0.05, 0.1) is 5.56 Å². The lowest BCUT2D eigenvalue weighted by atomic mass is 9.86. The van der Waals surface area contributed by atoms with Gasteiger partial charge in [-0.25, -0.2) is 4.79 Å². The molecule has 1 aromatic carbocycles. The van der Waals surface area contributed by atoms with Crippen LogP contribution in [-0.2, 0) is 12.8 Å². The number of hydrogen-bond donors (Lipinski definition) is 2. The summed E-state index contributed by atoms with van der Waals surface area (Å²) in [4.78, 5) is 11.5. The summed E-state index contributed by atoms with van der Waals surface area (Å²) in [6, 6.07) is 3.27. The van der Waals surface area contributed by atoms with Gasteiger partial charge < -0.3 is 14.9 Å². The minimum atomic E-state index is -0.975. The average Bonchev–Trinajstić information content (AvgIpc) is 2.53. The maximum absolute atomic E-state index is 11.5. The quantitative estimate of drug-likeness (QED) is 0.603. The van der Waals surface area contributed by atoms with Crippen molar-refractivity contribution in [2.24, 2.45) is 0 Å². The Morgan fingerprint density at radius 2 is 1.96 bits per heavy atom. The number of ether oxygens (including phenoxy) is 1. The third-order valence-electron chi connectivity index (χ3n) is 4.47. The first kappa shape index (κ1) is 20.0. The second kappa shape index (κ2) is 7.92. The first-order valence-electron chi connectivity index (χ1n) is 8.84. The Bertz CT molecular complexity index is 778. The highest BCUT2D eigenvalue weighted by atomic mass is 16.5. The van der Waals surface area contributed by atoms with Crippen molar-refractivity contribution in [2.45, 2.75) is 59.2 Å². The zero-order chi connectivity index (χ0) is 19.5. The molecule has 1 aliphatic rings. The number of aliphatic hydroxyl groups is 1. The molecule has 2 rings (SSSR count). The van der Waals surface area contributed by atoms with Gasteiger partial charge in [0.1, 0.15) is 11.9 Å². The molecule has 0 unspecified atom stereocenters. The van der Waals surface area contributed by atoms with Crippen LogP contribution < -0.4 is 4.74 Å². The van der Waals surface area contributed by atoms with Gasteiger partial charge >= 0.3 is 5.97 Å². The van der Waals surface area contributed by atoms with Gasteiger partial charge in [0, 0.05) is 6.42 Å². The Morgan fingerprint density at radius 3 is 2.54 bits per heavy atom. The third kappa shape index (κ3) is 4.64. The van der Waals surface area contributed by atoms with E-state index in [1.54, 1.807) is 12.1 Å². The second-order valence-corrected chi connectivity index (χ2v) is 7.52. The van der Waals surface area contributed by atoms with Gasteiger partial charge in [0.25, 0.3) is 0 Å². The number of fused-ring (bicyclic) bond motifs is 1. The predicted molar refractivity (Wildman–Crippen MR) is 104 cm³/mol. The number of carbonyl (C=O) groups is 1. The molecular formula is C22H28O4. The maximum Gasteiger partial charge on any atom is 0.335 e. The van der Waals surface area contributed by atoms with Gasteiger partial charge in [-0.2, -0.15) is 0 Å². The van der Waals surface area contributed by atoms with Crippen LogP contribution in [0.1, 0.15) is 56.1 Å². The minimum absolute atomic E-state index is 0.223. The number of carboxylic acids is 1. The Balaban J connectivity index is 2.49. The fourth-order valence-electron chi connectivity index (χ4n) is 2.90. The van der Waals surface area contributed by atoms with E-state index in [9.17, 15) is 15.0 Å². The van der Waals surface area contributed by atoms with E-state index in [0.29, 0.717) is 18.6 Å². The van der Waals surface area contributed by atoms with Crippen LogP contribution in [0.25, 0.3) is 0 Å². The molecule has 140 valence electrons. The summed E-state index contributed by atoms with van der Waals surface area (Å²) in [5.74, 6) is -0.292. The van der Waals surface area contributed by atoms with Gasteiger partial charge in [0.2, 0.25) is 0 Å². The summed E-state index contributed by atoms with van der Waals surface area (Å²) in [6.45, 7) is 9.87. The molecule has 4 heteroatoms. The maximum atomic E-state index is 11.5. The first-order valence-corrected chi connectivity index (χ1v) is 8.84. The van der Waals surface area contributed by atoms with E-state index in [4.69, 9.17) is 4.74 Å². The fraction of sp³-hybridized carbons (Fsp3) is 0.409. The van der Waals surface area contributed by atoms with Crippen LogP contribution in [0.5, 0.6) is 5.75 Å². The second-order valence-electron chi connectivity index (χ2n) is 7.52. The average molecular weight is 356 g/mol. The first-order chi connectivity index (χ1) is 12.1. The van der Waals surface area contributed by atoms with E-state index < -0.39 is 17.7 Å². The largest absolute Gasteiger partial charge is 0.480 e. The summed E-state index contributed by atoms with van der Waals surface area (Å²) in [7, 11) is 0. The Morgan fingerprint density at radius 1 is 1.27 bits per heavy atom. The number of benzene rings is 1. The van der Waals surface area contributed by atoms with E-state index in [1.165, 1.54) is 0 Å². The SMILES string of the molecule is CC(C)=C/C=C/[C@]1(C)Oc2c(CC=C(C)C)cc(C(=O)O)cc2C[C@@H]1O. The highest BCUT2D eigenvalue weighted by molar-refractivity contribution is 5.88. The van der Waals surface area contributed by atoms with E-state index in [0.717, 1.165) is 22.3 Å². The number of hydrogen-bond acceptors (Lipinski definition) is 3. The van der Waals surface area contributed by atoms with Crippen molar-refractivity contribution < 1.29 is 19.7 Å². The molecule has 0 spiro atoms. The number of aromatic carboxylic acids is 1. The highest BCUT2D eigenvalue weighted by Crippen LogP contribution is 2.38. The molecule has 1 heterocycles. The van der Waals surface area contributed by atoms with Crippen LogP contribution >= 0.6 is 0 Å². The van der Waals surface area contributed by atoms with Crippen molar-refractivity contribution in [3.63, 3.8) is 0 Å². The lowest BCUT2D eigenvalue weighted by Crippen LogP contribution is -2.47. The molecule has 0 radical (unpaired) electrons. The lowest BCUT2D eigenvalue weighted by Gasteiger charge is -2.39. The van der Waals surface area contributed by atoms with Crippen LogP contribution in [-0.4, -0.2) is 27.9 Å². The topological polar surface area (TPSA) is 66.8 Å². The van der Waals surface area contributed by atoms with E-state index in [2.05, 4.69) is 0 Å². The highest BCUT2D eigenvalue weighted by Gasteiger charge is 2.39. The molecule has 0 aliphatic carbocycles. The molecule has 26 heavy (non-hydrogen) atoms. The molecule has 0 bridgehead atoms. The fourth-order valence-corrected chi connectivity index (χ4v) is 2.90. The monoisotopic (exact) mass is 356 g/mol. The molecule has 0 fully saturated rings. The van der Waals surface area contributed by atoms with Crippen LogP contribution in [0.15, 0.2) is 47.6 Å². The van der Waals surface area contributed by atoms with Crippen LogP contribution in [0, 0.1) is 0 Å². The van der Waals surface area contributed by atoms with Crippen molar-refractivity contribution in [3.8, 4) is 5.75 Å². The van der Waals surface area contributed by atoms with E-state index >= 15 is 0 Å². The molecular weight excluding hydrogens is 328 g/mol. The minimum Gasteiger partial charge on any atom is -0.480 e. The van der Waals surface area contributed by atoms with Gasteiger partial charge in [-0.05, 0) is 70.4 Å². The molecule has 0 aromatic heterocycles. The van der Waals surface area contributed by atoms with Crippen LogP contribution in [0.4, 0.5) is 0 Å². The zero-order valence-corrected chi connectivity index (χ0v) is 16.2.